The highest BCUT2D eigenvalue weighted by Crippen LogP contribution is 2.32. The zero-order valence-electron chi connectivity index (χ0n) is 11.0. The Balaban J connectivity index is 1.77. The minimum absolute atomic E-state index is 0.00896. The summed E-state index contributed by atoms with van der Waals surface area (Å²) in [5, 5.41) is 13.7. The summed E-state index contributed by atoms with van der Waals surface area (Å²) in [5.74, 6) is 1.13. The maximum Gasteiger partial charge on any atom is 0.234 e. The summed E-state index contributed by atoms with van der Waals surface area (Å²) in [6, 6.07) is 9.73. The van der Waals surface area contributed by atoms with Crippen molar-refractivity contribution < 1.29 is 8.42 Å². The molecular formula is C13H12N4O2S2. The third-order valence-corrected chi connectivity index (χ3v) is 6.45. The monoisotopic (exact) mass is 320 g/mol. The highest BCUT2D eigenvalue weighted by molar-refractivity contribution is 7.91. The molecule has 0 bridgehead atoms. The fraction of sp³-hybridized carbons (Fsp3) is 0.308. The van der Waals surface area contributed by atoms with E-state index in [1.54, 1.807) is 4.52 Å². The molecule has 1 aromatic carbocycles. The lowest BCUT2D eigenvalue weighted by molar-refractivity contribution is 0.601. The first-order chi connectivity index (χ1) is 10.1. The number of hydrogen-bond acceptors (Lipinski definition) is 6. The zero-order chi connectivity index (χ0) is 14.4. The standard InChI is InChI=1S/C13H12N4O2S2/c18-21(19)7-6-10(8-21)12-16-17-11(14-15-13(17)20-12)9-4-2-1-3-5-9/h1-5,10H,6-8H2/t10-/m1/s1. The maximum atomic E-state index is 11.6. The average Bonchev–Trinajstić information content (AvgIpc) is 3.12. The van der Waals surface area contributed by atoms with E-state index >= 15 is 0 Å². The minimum Gasteiger partial charge on any atom is -0.229 e. The molecule has 2 aromatic heterocycles. The van der Waals surface area contributed by atoms with Crippen molar-refractivity contribution in [3.05, 3.63) is 35.3 Å². The second kappa shape index (κ2) is 4.60. The van der Waals surface area contributed by atoms with Crippen LogP contribution in [0.1, 0.15) is 17.3 Å². The number of nitrogens with zero attached hydrogens (tertiary/aromatic N) is 4. The molecule has 0 unspecified atom stereocenters. The highest BCUT2D eigenvalue weighted by Gasteiger charge is 2.32. The Labute approximate surface area is 125 Å². The van der Waals surface area contributed by atoms with Crippen molar-refractivity contribution in [1.29, 1.82) is 0 Å². The summed E-state index contributed by atoms with van der Waals surface area (Å²) in [6.07, 6.45) is 0.646. The lowest BCUT2D eigenvalue weighted by Gasteiger charge is -2.00. The quantitative estimate of drug-likeness (QED) is 0.719. The third kappa shape index (κ3) is 2.24. The molecule has 1 aliphatic heterocycles. The van der Waals surface area contributed by atoms with Crippen LogP contribution in [0.3, 0.4) is 0 Å². The molecule has 0 aliphatic carbocycles. The van der Waals surface area contributed by atoms with Crippen LogP contribution in [0.2, 0.25) is 0 Å². The number of rotatable bonds is 2. The molecule has 0 spiro atoms. The molecule has 21 heavy (non-hydrogen) atoms. The number of benzene rings is 1. The molecule has 3 aromatic rings. The van der Waals surface area contributed by atoms with Gasteiger partial charge in [-0.2, -0.15) is 9.61 Å². The fourth-order valence-electron chi connectivity index (χ4n) is 2.55. The summed E-state index contributed by atoms with van der Waals surface area (Å²) in [5.41, 5.74) is 0.945. The summed E-state index contributed by atoms with van der Waals surface area (Å²) in [4.78, 5) is 0.702. The molecule has 0 N–H and O–H groups in total. The van der Waals surface area contributed by atoms with Crippen LogP contribution in [0.5, 0.6) is 0 Å². The Morgan fingerprint density at radius 2 is 2.00 bits per heavy atom. The molecular weight excluding hydrogens is 308 g/mol. The fourth-order valence-corrected chi connectivity index (χ4v) is 5.38. The Morgan fingerprint density at radius 3 is 2.71 bits per heavy atom. The first-order valence-electron chi connectivity index (χ1n) is 6.60. The van der Waals surface area contributed by atoms with E-state index in [9.17, 15) is 8.42 Å². The molecule has 6 nitrogen and oxygen atoms in total. The first kappa shape index (κ1) is 12.9. The van der Waals surface area contributed by atoms with Gasteiger partial charge in [0.1, 0.15) is 5.01 Å². The minimum atomic E-state index is -2.91. The Morgan fingerprint density at radius 1 is 1.19 bits per heavy atom. The van der Waals surface area contributed by atoms with Crippen LogP contribution in [0.4, 0.5) is 0 Å². The number of aromatic nitrogens is 4. The van der Waals surface area contributed by atoms with E-state index in [4.69, 9.17) is 0 Å². The lowest BCUT2D eigenvalue weighted by atomic mass is 10.1. The van der Waals surface area contributed by atoms with Crippen molar-refractivity contribution in [2.45, 2.75) is 12.3 Å². The molecule has 1 aliphatic rings. The van der Waals surface area contributed by atoms with Gasteiger partial charge in [-0.05, 0) is 6.42 Å². The molecule has 1 atom stereocenters. The van der Waals surface area contributed by atoms with E-state index < -0.39 is 9.84 Å². The molecule has 1 saturated heterocycles. The van der Waals surface area contributed by atoms with Gasteiger partial charge in [0.2, 0.25) is 4.96 Å². The van der Waals surface area contributed by atoms with E-state index in [2.05, 4.69) is 15.3 Å². The second-order valence-electron chi connectivity index (χ2n) is 5.12. The molecule has 4 rings (SSSR count). The van der Waals surface area contributed by atoms with Crippen LogP contribution in [0, 0.1) is 0 Å². The highest BCUT2D eigenvalue weighted by atomic mass is 32.2. The Bertz CT molecular complexity index is 899. The van der Waals surface area contributed by atoms with E-state index in [0.29, 0.717) is 17.2 Å². The summed E-state index contributed by atoms with van der Waals surface area (Å²) in [6.45, 7) is 0. The van der Waals surface area contributed by atoms with Crippen molar-refractivity contribution in [2.75, 3.05) is 11.5 Å². The van der Waals surface area contributed by atoms with Gasteiger partial charge in [-0.25, -0.2) is 8.42 Å². The molecule has 0 amide bonds. The molecule has 108 valence electrons. The van der Waals surface area contributed by atoms with Crippen LogP contribution < -0.4 is 0 Å². The van der Waals surface area contributed by atoms with Crippen LogP contribution in [0.15, 0.2) is 30.3 Å². The lowest BCUT2D eigenvalue weighted by Crippen LogP contribution is -2.04. The topological polar surface area (TPSA) is 77.2 Å². The van der Waals surface area contributed by atoms with Gasteiger partial charge in [-0.1, -0.05) is 41.7 Å². The maximum absolute atomic E-state index is 11.6. The van der Waals surface area contributed by atoms with E-state index in [0.717, 1.165) is 10.6 Å². The van der Waals surface area contributed by atoms with Gasteiger partial charge in [-0.15, -0.1) is 10.2 Å². The third-order valence-electron chi connectivity index (χ3n) is 3.62. The summed E-state index contributed by atoms with van der Waals surface area (Å²) >= 11 is 1.42. The average molecular weight is 320 g/mol. The number of sulfone groups is 1. The Kier molecular flexibility index (Phi) is 2.83. The van der Waals surface area contributed by atoms with E-state index in [1.807, 2.05) is 30.3 Å². The smallest absolute Gasteiger partial charge is 0.229 e. The predicted molar refractivity (Wildman–Crippen MR) is 80.1 cm³/mol. The Hall–Kier alpha value is -1.80. The van der Waals surface area contributed by atoms with Gasteiger partial charge in [0, 0.05) is 11.5 Å². The van der Waals surface area contributed by atoms with Gasteiger partial charge in [0.15, 0.2) is 15.7 Å². The van der Waals surface area contributed by atoms with Gasteiger partial charge < -0.3 is 0 Å². The van der Waals surface area contributed by atoms with Crippen LogP contribution >= 0.6 is 11.3 Å². The number of hydrogen-bond donors (Lipinski definition) is 0. The van der Waals surface area contributed by atoms with Crippen LogP contribution in [-0.2, 0) is 9.84 Å². The van der Waals surface area contributed by atoms with Gasteiger partial charge in [0.05, 0.1) is 11.5 Å². The predicted octanol–water partition coefficient (Wildman–Crippen LogP) is 1.75. The summed E-state index contributed by atoms with van der Waals surface area (Å²) in [7, 11) is -2.91. The largest absolute Gasteiger partial charge is 0.234 e. The molecule has 8 heteroatoms. The zero-order valence-corrected chi connectivity index (χ0v) is 12.6. The van der Waals surface area contributed by atoms with Crippen molar-refractivity contribution in [3.8, 4) is 11.4 Å². The van der Waals surface area contributed by atoms with E-state index in [-0.39, 0.29) is 17.4 Å². The second-order valence-corrected chi connectivity index (χ2v) is 8.34. The SMILES string of the molecule is O=S1(=O)CC[C@@H](c2nn3c(-c4ccccc4)nnc3s2)C1. The normalized spacial score (nSPS) is 21.0. The van der Waals surface area contributed by atoms with Crippen molar-refractivity contribution in [1.82, 2.24) is 19.8 Å². The van der Waals surface area contributed by atoms with Crippen LogP contribution in [0.25, 0.3) is 16.3 Å². The van der Waals surface area contributed by atoms with Crippen molar-refractivity contribution in [3.63, 3.8) is 0 Å². The summed E-state index contributed by atoms with van der Waals surface area (Å²) < 4.78 is 24.9. The van der Waals surface area contributed by atoms with Crippen molar-refractivity contribution in [2.24, 2.45) is 0 Å². The van der Waals surface area contributed by atoms with E-state index in [1.165, 1.54) is 11.3 Å². The molecule has 0 radical (unpaired) electrons. The van der Waals surface area contributed by atoms with Gasteiger partial charge >= 0.3 is 0 Å². The van der Waals surface area contributed by atoms with Crippen molar-refractivity contribution >= 4 is 26.1 Å². The molecule has 3 heterocycles. The van der Waals surface area contributed by atoms with Crippen LogP contribution in [-0.4, -0.2) is 39.7 Å². The van der Waals surface area contributed by atoms with Gasteiger partial charge in [0.25, 0.3) is 0 Å². The van der Waals surface area contributed by atoms with Gasteiger partial charge in [-0.3, -0.25) is 0 Å². The molecule has 1 fully saturated rings. The first-order valence-corrected chi connectivity index (χ1v) is 9.24. The molecule has 0 saturated carbocycles. The number of fused-ring (bicyclic) bond motifs is 1.